The fraction of sp³-hybridized carbons (Fsp3) is 0.360. The molecule has 31 heavy (non-hydrogen) atoms. The van der Waals surface area contributed by atoms with E-state index >= 15 is 0 Å². The lowest BCUT2D eigenvalue weighted by Crippen LogP contribution is -3.06. The quantitative estimate of drug-likeness (QED) is 0.409. The first-order valence-electron chi connectivity index (χ1n) is 10.6. The maximum Gasteiger partial charge on any atom is 0.295 e. The zero-order valence-corrected chi connectivity index (χ0v) is 18.8. The Labute approximate surface area is 183 Å². The highest BCUT2D eigenvalue weighted by atomic mass is 16.5. The number of amides is 1. The summed E-state index contributed by atoms with van der Waals surface area (Å²) in [6.07, 6.45) is 0.886. The van der Waals surface area contributed by atoms with Gasteiger partial charge in [-0.25, -0.2) is 0 Å². The van der Waals surface area contributed by atoms with Gasteiger partial charge in [0.05, 0.1) is 40.3 Å². The number of carbonyl (C=O) groups excluding carboxylic acids is 2. The molecule has 0 aliphatic carbocycles. The Balaban J connectivity index is 2.14. The van der Waals surface area contributed by atoms with E-state index in [0.29, 0.717) is 24.4 Å². The fourth-order valence-electron chi connectivity index (χ4n) is 3.90. The molecular formula is C25H30N2O4. The Kier molecular flexibility index (Phi) is 6.81. The summed E-state index contributed by atoms with van der Waals surface area (Å²) in [4.78, 5) is 28.6. The molecule has 3 rings (SSSR count). The van der Waals surface area contributed by atoms with Gasteiger partial charge < -0.3 is 19.6 Å². The first kappa shape index (κ1) is 22.6. The van der Waals surface area contributed by atoms with Crippen molar-refractivity contribution in [2.45, 2.75) is 26.3 Å². The molecule has 0 saturated carbocycles. The molecule has 6 heteroatoms. The molecule has 1 unspecified atom stereocenters. The summed E-state index contributed by atoms with van der Waals surface area (Å²) in [5.41, 5.74) is 3.13. The predicted octanol–water partition coefficient (Wildman–Crippen LogP) is 0.935. The molecule has 1 aliphatic heterocycles. The van der Waals surface area contributed by atoms with Gasteiger partial charge in [0.2, 0.25) is 5.78 Å². The highest BCUT2D eigenvalue weighted by molar-refractivity contribution is 6.46. The second-order valence-corrected chi connectivity index (χ2v) is 8.21. The fourth-order valence-corrected chi connectivity index (χ4v) is 3.90. The van der Waals surface area contributed by atoms with E-state index in [1.54, 1.807) is 30.2 Å². The number of aryl methyl sites for hydroxylation is 2. The average molecular weight is 423 g/mol. The Bertz CT molecular complexity index is 1010. The van der Waals surface area contributed by atoms with Gasteiger partial charge in [0.15, 0.2) is 0 Å². The zero-order valence-electron chi connectivity index (χ0n) is 18.8. The molecule has 6 nitrogen and oxygen atoms in total. The highest BCUT2D eigenvalue weighted by Crippen LogP contribution is 2.38. The Morgan fingerprint density at radius 3 is 2.35 bits per heavy atom. The number of benzene rings is 2. The molecule has 2 aromatic carbocycles. The van der Waals surface area contributed by atoms with Crippen molar-refractivity contribution in [1.82, 2.24) is 4.90 Å². The topological polar surface area (TPSA) is 74.1 Å². The molecule has 0 aromatic heterocycles. The second-order valence-electron chi connectivity index (χ2n) is 8.21. The van der Waals surface area contributed by atoms with Crippen LogP contribution in [0.4, 0.5) is 0 Å². The van der Waals surface area contributed by atoms with E-state index in [0.717, 1.165) is 28.0 Å². The van der Waals surface area contributed by atoms with Crippen LogP contribution in [-0.4, -0.2) is 50.9 Å². The largest absolute Gasteiger partial charge is 0.872 e. The van der Waals surface area contributed by atoms with Crippen LogP contribution < -0.4 is 14.7 Å². The number of methoxy groups -OCH3 is 1. The predicted molar refractivity (Wildman–Crippen MR) is 118 cm³/mol. The molecule has 1 amide bonds. The van der Waals surface area contributed by atoms with Gasteiger partial charge in [0, 0.05) is 5.57 Å². The summed E-state index contributed by atoms with van der Waals surface area (Å²) in [7, 11) is 5.55. The standard InChI is InChI=1S/C25H30N2O4/c1-6-17-7-9-18(10-8-17)22-21(24(29)25(30)27(22)14-13-26(3)4)23(28)19-11-12-20(31-5)16(2)15-19/h7-12,15,22,28H,6,13-14H2,1-5H3/b23-21+. The summed E-state index contributed by atoms with van der Waals surface area (Å²) < 4.78 is 5.28. The monoisotopic (exact) mass is 422 g/mol. The number of rotatable bonds is 7. The van der Waals surface area contributed by atoms with Crippen LogP contribution in [0.5, 0.6) is 5.75 Å². The first-order chi connectivity index (χ1) is 14.8. The van der Waals surface area contributed by atoms with E-state index in [1.165, 1.54) is 0 Å². The van der Waals surface area contributed by atoms with Gasteiger partial charge in [-0.1, -0.05) is 43.0 Å². The smallest absolute Gasteiger partial charge is 0.295 e. The van der Waals surface area contributed by atoms with Crippen LogP contribution in [0.3, 0.4) is 0 Å². The summed E-state index contributed by atoms with van der Waals surface area (Å²) in [6, 6.07) is 12.2. The lowest BCUT2D eigenvalue weighted by Gasteiger charge is -2.28. The molecule has 0 spiro atoms. The average Bonchev–Trinajstić information content (AvgIpc) is 3.01. The van der Waals surface area contributed by atoms with Gasteiger partial charge in [0.1, 0.15) is 5.75 Å². The Morgan fingerprint density at radius 2 is 1.81 bits per heavy atom. The van der Waals surface area contributed by atoms with Crippen molar-refractivity contribution in [3.05, 3.63) is 70.3 Å². The van der Waals surface area contributed by atoms with Crippen molar-refractivity contribution in [3.8, 4) is 5.75 Å². The first-order valence-corrected chi connectivity index (χ1v) is 10.6. The van der Waals surface area contributed by atoms with Crippen LogP contribution in [0.1, 0.15) is 35.2 Å². The molecule has 1 aliphatic rings. The number of Topliss-reactive ketones (excluding diaryl/α,β-unsaturated/α-hetero) is 1. The van der Waals surface area contributed by atoms with E-state index in [9.17, 15) is 14.7 Å². The van der Waals surface area contributed by atoms with E-state index < -0.39 is 23.5 Å². The highest BCUT2D eigenvalue weighted by Gasteiger charge is 2.44. The van der Waals surface area contributed by atoms with E-state index in [2.05, 4.69) is 6.92 Å². The summed E-state index contributed by atoms with van der Waals surface area (Å²) >= 11 is 0. The van der Waals surface area contributed by atoms with Crippen molar-refractivity contribution < 1.29 is 24.3 Å². The number of quaternary nitrogens is 1. The molecule has 1 heterocycles. The number of likely N-dealkylation sites (tertiary alicyclic amines) is 1. The molecule has 1 atom stereocenters. The Morgan fingerprint density at radius 1 is 1.13 bits per heavy atom. The number of nitrogens with zero attached hydrogens (tertiary/aromatic N) is 1. The van der Waals surface area contributed by atoms with Crippen molar-refractivity contribution in [3.63, 3.8) is 0 Å². The van der Waals surface area contributed by atoms with Crippen molar-refractivity contribution >= 4 is 17.4 Å². The molecule has 0 radical (unpaired) electrons. The zero-order chi connectivity index (χ0) is 22.7. The van der Waals surface area contributed by atoms with Crippen LogP contribution in [0.15, 0.2) is 48.0 Å². The van der Waals surface area contributed by atoms with Gasteiger partial charge in [-0.3, -0.25) is 9.59 Å². The van der Waals surface area contributed by atoms with E-state index in [1.807, 2.05) is 45.3 Å². The maximum absolute atomic E-state index is 13.5. The van der Waals surface area contributed by atoms with Gasteiger partial charge in [-0.15, -0.1) is 0 Å². The molecular weight excluding hydrogens is 392 g/mol. The number of hydrogen-bond acceptors (Lipinski definition) is 4. The minimum absolute atomic E-state index is 0.0209. The number of likely N-dealkylation sites (N-methyl/N-ethyl adjacent to an activating group) is 1. The maximum atomic E-state index is 13.5. The third-order valence-electron chi connectivity index (χ3n) is 5.74. The molecule has 2 aromatic rings. The molecule has 164 valence electrons. The van der Waals surface area contributed by atoms with Gasteiger partial charge >= 0.3 is 0 Å². The van der Waals surface area contributed by atoms with Crippen molar-refractivity contribution in [1.29, 1.82) is 0 Å². The minimum atomic E-state index is -0.711. The van der Waals surface area contributed by atoms with Crippen molar-refractivity contribution in [2.24, 2.45) is 0 Å². The number of nitrogens with one attached hydrogen (secondary N) is 1. The molecule has 1 saturated heterocycles. The second kappa shape index (κ2) is 9.35. The van der Waals surface area contributed by atoms with Crippen LogP contribution >= 0.6 is 0 Å². The summed E-state index contributed by atoms with van der Waals surface area (Å²) in [5.74, 6) is -1.07. The normalized spacial score (nSPS) is 18.1. The van der Waals surface area contributed by atoms with Gasteiger partial charge in [0.25, 0.3) is 5.91 Å². The number of carbonyl (C=O) groups is 2. The lowest BCUT2D eigenvalue weighted by atomic mass is 9.94. The molecule has 0 bridgehead atoms. The van der Waals surface area contributed by atoms with Crippen LogP contribution in [0, 0.1) is 6.92 Å². The summed E-state index contributed by atoms with van der Waals surface area (Å²) in [6.45, 7) is 4.98. The number of ketones is 1. The van der Waals surface area contributed by atoms with Crippen LogP contribution in [0.25, 0.3) is 5.76 Å². The van der Waals surface area contributed by atoms with Gasteiger partial charge in [-0.05, 0) is 47.7 Å². The third kappa shape index (κ3) is 4.49. The molecule has 1 fully saturated rings. The molecule has 1 N–H and O–H groups in total. The van der Waals surface area contributed by atoms with Gasteiger partial charge in [-0.2, -0.15) is 0 Å². The summed E-state index contributed by atoms with van der Waals surface area (Å²) in [5, 5.41) is 13.5. The lowest BCUT2D eigenvalue weighted by molar-refractivity contribution is -0.857. The van der Waals surface area contributed by atoms with E-state index in [-0.39, 0.29) is 5.57 Å². The van der Waals surface area contributed by atoms with E-state index in [4.69, 9.17) is 4.74 Å². The number of hydrogen-bond donors (Lipinski definition) is 1. The third-order valence-corrected chi connectivity index (χ3v) is 5.74. The van der Waals surface area contributed by atoms with Crippen LogP contribution in [-0.2, 0) is 16.0 Å². The minimum Gasteiger partial charge on any atom is -0.872 e. The Hall–Kier alpha value is -3.12. The number of ether oxygens (including phenoxy) is 1. The SMILES string of the molecule is CCc1ccc(C2/C(=C(\[O-])c3ccc(OC)c(C)c3)C(=O)C(=O)N2CC[NH+](C)C)cc1. The van der Waals surface area contributed by atoms with Crippen molar-refractivity contribution in [2.75, 3.05) is 34.3 Å². The van der Waals surface area contributed by atoms with Crippen LogP contribution in [0.2, 0.25) is 0 Å².